The number of benzene rings is 1. The minimum atomic E-state index is -0.351. The topological polar surface area (TPSA) is 97.9 Å². The maximum Gasteiger partial charge on any atom is 0.254 e. The lowest BCUT2D eigenvalue weighted by Crippen LogP contribution is -2.34. The number of aromatic nitrogens is 4. The molecule has 0 fully saturated rings. The van der Waals surface area contributed by atoms with E-state index < -0.39 is 0 Å². The molecule has 0 aliphatic carbocycles. The Morgan fingerprint density at radius 3 is 2.56 bits per heavy atom. The Morgan fingerprint density at radius 1 is 1.09 bits per heavy atom. The van der Waals surface area contributed by atoms with Gasteiger partial charge in [-0.1, -0.05) is 0 Å². The molecule has 1 aromatic carbocycles. The molecule has 1 atom stereocenters. The van der Waals surface area contributed by atoms with Gasteiger partial charge in [-0.3, -0.25) is 9.78 Å². The monoisotopic (exact) mass is 490 g/mol. The first-order chi connectivity index (χ1) is 15.3. The van der Waals surface area contributed by atoms with Crippen molar-refractivity contribution in [2.75, 3.05) is 5.73 Å². The molecule has 1 unspecified atom stereocenters. The minimum absolute atomic E-state index is 0.135. The summed E-state index contributed by atoms with van der Waals surface area (Å²) in [6.07, 6.45) is 3.36. The first-order valence-corrected chi connectivity index (χ1v) is 11.0. The van der Waals surface area contributed by atoms with Crippen molar-refractivity contribution in [1.29, 1.82) is 0 Å². The van der Waals surface area contributed by atoms with Crippen LogP contribution in [0.1, 0.15) is 46.1 Å². The first kappa shape index (κ1) is 21.8. The summed E-state index contributed by atoms with van der Waals surface area (Å²) in [6, 6.07) is 12.7. The van der Waals surface area contributed by atoms with Gasteiger partial charge in [0, 0.05) is 27.8 Å². The van der Waals surface area contributed by atoms with E-state index in [1.165, 1.54) is 0 Å². The molecule has 3 heterocycles. The zero-order valence-corrected chi connectivity index (χ0v) is 19.7. The van der Waals surface area contributed by atoms with Crippen LogP contribution < -0.4 is 5.73 Å². The third kappa shape index (κ3) is 4.45. The fraction of sp³-hybridized carbons (Fsp3) is 0.208. The van der Waals surface area contributed by atoms with Gasteiger partial charge in [0.15, 0.2) is 0 Å². The molecule has 32 heavy (non-hydrogen) atoms. The zero-order valence-electron chi connectivity index (χ0n) is 18.1. The van der Waals surface area contributed by atoms with Crippen molar-refractivity contribution < 1.29 is 4.79 Å². The highest BCUT2D eigenvalue weighted by molar-refractivity contribution is 9.10. The number of pyridine rings is 2. The number of rotatable bonds is 5. The molecule has 1 amide bonds. The number of hydrogen-bond donors (Lipinski definition) is 1. The summed E-state index contributed by atoms with van der Waals surface area (Å²) in [5.74, 6) is 0.925. The van der Waals surface area contributed by atoms with E-state index in [-0.39, 0.29) is 11.9 Å². The Morgan fingerprint density at radius 2 is 1.84 bits per heavy atom. The van der Waals surface area contributed by atoms with Crippen LogP contribution in [0.15, 0.2) is 59.3 Å². The molecule has 8 heteroatoms. The van der Waals surface area contributed by atoms with E-state index in [0.717, 1.165) is 32.3 Å². The smallest absolute Gasteiger partial charge is 0.254 e. The number of halogens is 1. The molecule has 0 aliphatic heterocycles. The number of nitrogens with two attached hydrogens (primary N) is 1. The van der Waals surface area contributed by atoms with Crippen LogP contribution >= 0.6 is 15.9 Å². The summed E-state index contributed by atoms with van der Waals surface area (Å²) in [5.41, 5.74) is 9.76. The molecule has 0 spiro atoms. The van der Waals surface area contributed by atoms with Crippen LogP contribution in [0.25, 0.3) is 10.9 Å². The Kier molecular flexibility index (Phi) is 6.14. The van der Waals surface area contributed by atoms with E-state index in [0.29, 0.717) is 23.8 Å². The van der Waals surface area contributed by atoms with Crippen LogP contribution in [0, 0.1) is 13.8 Å². The zero-order chi connectivity index (χ0) is 22.8. The van der Waals surface area contributed by atoms with Gasteiger partial charge in [0.05, 0.1) is 29.5 Å². The van der Waals surface area contributed by atoms with Gasteiger partial charge in [0.1, 0.15) is 11.6 Å². The highest BCUT2D eigenvalue weighted by Gasteiger charge is 2.26. The van der Waals surface area contributed by atoms with Crippen molar-refractivity contribution >= 4 is 38.6 Å². The number of nitrogens with zero attached hydrogens (tertiary/aromatic N) is 5. The fourth-order valence-corrected chi connectivity index (χ4v) is 3.73. The second-order valence-corrected chi connectivity index (χ2v) is 8.54. The van der Waals surface area contributed by atoms with Gasteiger partial charge in [-0.2, -0.15) is 0 Å². The van der Waals surface area contributed by atoms with E-state index in [1.54, 1.807) is 29.4 Å². The van der Waals surface area contributed by atoms with Crippen LogP contribution in [0.2, 0.25) is 0 Å². The number of anilines is 1. The minimum Gasteiger partial charge on any atom is -0.383 e. The van der Waals surface area contributed by atoms with Gasteiger partial charge in [-0.15, -0.1) is 0 Å². The molecule has 4 rings (SSSR count). The van der Waals surface area contributed by atoms with Crippen molar-refractivity contribution in [3.05, 3.63) is 87.7 Å². The normalized spacial score (nSPS) is 12.0. The number of aryl methyl sites for hydroxylation is 2. The number of fused-ring (bicyclic) bond motifs is 1. The van der Waals surface area contributed by atoms with Crippen molar-refractivity contribution in [2.24, 2.45) is 0 Å². The largest absolute Gasteiger partial charge is 0.383 e. The number of carbonyl (C=O) groups is 1. The molecule has 0 saturated heterocycles. The Bertz CT molecular complexity index is 1290. The Balaban J connectivity index is 1.74. The SMILES string of the molecule is Cc1cc2cc(C(=O)N(Cc3ccc(Br)c(C)n3)C(C)c3ncccn3)ccc2nc1N. The van der Waals surface area contributed by atoms with Crippen LogP contribution in [0.3, 0.4) is 0 Å². The summed E-state index contributed by atoms with van der Waals surface area (Å²) in [7, 11) is 0. The molecule has 3 aromatic heterocycles. The molecule has 0 bridgehead atoms. The quantitative estimate of drug-likeness (QED) is 0.431. The van der Waals surface area contributed by atoms with Crippen LogP contribution in [-0.2, 0) is 6.54 Å². The second kappa shape index (κ2) is 9.00. The second-order valence-electron chi connectivity index (χ2n) is 7.68. The fourth-order valence-electron chi connectivity index (χ4n) is 3.50. The summed E-state index contributed by atoms with van der Waals surface area (Å²) >= 11 is 3.48. The number of amides is 1. The molecular formula is C24H23BrN6O. The molecule has 4 aromatic rings. The van der Waals surface area contributed by atoms with E-state index in [2.05, 4.69) is 35.9 Å². The summed E-state index contributed by atoms with van der Waals surface area (Å²) in [5, 5.41) is 0.865. The lowest BCUT2D eigenvalue weighted by Gasteiger charge is -2.28. The average Bonchev–Trinajstić information content (AvgIpc) is 2.80. The van der Waals surface area contributed by atoms with Gasteiger partial charge in [-0.05, 0) is 84.7 Å². The van der Waals surface area contributed by atoms with Gasteiger partial charge < -0.3 is 10.6 Å². The Labute approximate surface area is 194 Å². The van der Waals surface area contributed by atoms with Crippen molar-refractivity contribution in [2.45, 2.75) is 33.4 Å². The molecule has 162 valence electrons. The molecular weight excluding hydrogens is 468 g/mol. The molecule has 0 radical (unpaired) electrons. The van der Waals surface area contributed by atoms with E-state index in [4.69, 9.17) is 5.73 Å². The van der Waals surface area contributed by atoms with Gasteiger partial charge in [0.2, 0.25) is 0 Å². The lowest BCUT2D eigenvalue weighted by atomic mass is 10.1. The predicted octanol–water partition coefficient (Wildman–Crippen LogP) is 4.78. The van der Waals surface area contributed by atoms with Gasteiger partial charge >= 0.3 is 0 Å². The van der Waals surface area contributed by atoms with Crippen molar-refractivity contribution in [1.82, 2.24) is 24.8 Å². The van der Waals surface area contributed by atoms with Crippen LogP contribution in [0.4, 0.5) is 5.82 Å². The molecule has 0 saturated carbocycles. The maximum absolute atomic E-state index is 13.7. The summed E-state index contributed by atoms with van der Waals surface area (Å²) in [4.78, 5) is 33.2. The number of carbonyl (C=O) groups excluding carboxylic acids is 1. The third-order valence-electron chi connectivity index (χ3n) is 5.39. The number of nitrogen functional groups attached to an aromatic ring is 1. The summed E-state index contributed by atoms with van der Waals surface area (Å²) < 4.78 is 0.926. The van der Waals surface area contributed by atoms with E-state index in [1.807, 2.05) is 51.1 Å². The predicted molar refractivity (Wildman–Crippen MR) is 128 cm³/mol. The lowest BCUT2D eigenvalue weighted by molar-refractivity contribution is 0.0663. The van der Waals surface area contributed by atoms with Crippen LogP contribution in [0.5, 0.6) is 0 Å². The van der Waals surface area contributed by atoms with E-state index in [9.17, 15) is 4.79 Å². The first-order valence-electron chi connectivity index (χ1n) is 10.2. The van der Waals surface area contributed by atoms with Gasteiger partial charge in [0.25, 0.3) is 5.91 Å². The number of hydrogen-bond acceptors (Lipinski definition) is 6. The average molecular weight is 491 g/mol. The third-order valence-corrected chi connectivity index (χ3v) is 6.23. The van der Waals surface area contributed by atoms with Gasteiger partial charge in [-0.25, -0.2) is 15.0 Å². The highest BCUT2D eigenvalue weighted by Crippen LogP contribution is 2.25. The van der Waals surface area contributed by atoms with E-state index >= 15 is 0 Å². The molecule has 0 aliphatic rings. The summed E-state index contributed by atoms with van der Waals surface area (Å²) in [6.45, 7) is 6.07. The van der Waals surface area contributed by atoms with Crippen molar-refractivity contribution in [3.63, 3.8) is 0 Å². The Hall–Kier alpha value is -3.39. The maximum atomic E-state index is 13.7. The molecule has 7 nitrogen and oxygen atoms in total. The van der Waals surface area contributed by atoms with Crippen molar-refractivity contribution in [3.8, 4) is 0 Å². The highest BCUT2D eigenvalue weighted by atomic mass is 79.9. The molecule has 2 N–H and O–H groups in total. The van der Waals surface area contributed by atoms with Crippen LogP contribution in [-0.4, -0.2) is 30.7 Å². The standard InChI is InChI=1S/C24H23BrN6O/c1-14-11-18-12-17(5-8-21(18)30-22(14)26)24(32)31(16(3)23-27-9-4-10-28-23)13-19-6-7-20(25)15(2)29-19/h4-12,16H,13H2,1-3H3,(H2,26,30).